The molecule has 0 unspecified atom stereocenters. The Hall–Kier alpha value is -1.47. The zero-order valence-corrected chi connectivity index (χ0v) is 14.6. The third-order valence-corrected chi connectivity index (χ3v) is 5.43. The Morgan fingerprint density at radius 3 is 2.29 bits per heavy atom. The molecule has 0 amide bonds. The van der Waals surface area contributed by atoms with Crippen LogP contribution in [0.3, 0.4) is 0 Å². The van der Waals surface area contributed by atoms with Crippen LogP contribution in [0.5, 0.6) is 0 Å². The molecule has 0 saturated carbocycles. The van der Waals surface area contributed by atoms with Gasteiger partial charge in [-0.2, -0.15) is 0 Å². The van der Waals surface area contributed by atoms with Crippen LogP contribution in [-0.2, 0) is 16.0 Å². The molecule has 24 heavy (non-hydrogen) atoms. The van der Waals surface area contributed by atoms with Gasteiger partial charge in [-0.05, 0) is 5.56 Å². The largest absolute Gasteiger partial charge is 0.379 e. The van der Waals surface area contributed by atoms with Crippen molar-refractivity contribution < 1.29 is 9.47 Å². The molecule has 2 aliphatic rings. The molecule has 6 heteroatoms. The molecule has 5 nitrogen and oxygen atoms in total. The molecular weight excluding hydrogens is 322 g/mol. The second-order valence-corrected chi connectivity index (χ2v) is 7.04. The fraction of sp³-hybridized carbons (Fsp3) is 0.500. The van der Waals surface area contributed by atoms with E-state index in [0.717, 1.165) is 70.0 Å². The zero-order valence-electron chi connectivity index (χ0n) is 13.8. The number of anilines is 1. The maximum atomic E-state index is 5.41. The number of nitrogens with zero attached hydrogens (tertiary/aromatic N) is 3. The van der Waals surface area contributed by atoms with Crippen LogP contribution in [0.25, 0.3) is 11.3 Å². The van der Waals surface area contributed by atoms with E-state index >= 15 is 0 Å². The van der Waals surface area contributed by atoms with E-state index in [1.54, 1.807) is 11.3 Å². The predicted octanol–water partition coefficient (Wildman–Crippen LogP) is 2.48. The summed E-state index contributed by atoms with van der Waals surface area (Å²) in [5, 5.41) is 3.26. The molecule has 2 saturated heterocycles. The summed E-state index contributed by atoms with van der Waals surface area (Å²) in [5.41, 5.74) is 3.61. The maximum absolute atomic E-state index is 5.41. The van der Waals surface area contributed by atoms with E-state index in [4.69, 9.17) is 14.5 Å². The minimum atomic E-state index is 0.797. The van der Waals surface area contributed by atoms with E-state index in [-0.39, 0.29) is 0 Å². The molecule has 2 fully saturated rings. The first-order valence-corrected chi connectivity index (χ1v) is 9.44. The normalized spacial score (nSPS) is 19.6. The van der Waals surface area contributed by atoms with E-state index in [1.165, 1.54) is 11.1 Å². The van der Waals surface area contributed by atoms with Gasteiger partial charge in [-0.25, -0.2) is 4.98 Å². The monoisotopic (exact) mass is 345 g/mol. The summed E-state index contributed by atoms with van der Waals surface area (Å²) in [7, 11) is 0. The first-order valence-electron chi connectivity index (χ1n) is 8.56. The summed E-state index contributed by atoms with van der Waals surface area (Å²) in [4.78, 5) is 9.56. The molecule has 2 aromatic rings. The third kappa shape index (κ3) is 3.78. The van der Waals surface area contributed by atoms with E-state index in [0.29, 0.717) is 0 Å². The molecule has 0 atom stereocenters. The van der Waals surface area contributed by atoms with Crippen LogP contribution in [-0.4, -0.2) is 62.5 Å². The Morgan fingerprint density at radius 2 is 1.58 bits per heavy atom. The highest BCUT2D eigenvalue weighted by Gasteiger charge is 2.15. The Balaban J connectivity index is 1.41. The lowest BCUT2D eigenvalue weighted by Crippen LogP contribution is -2.36. The Labute approximate surface area is 146 Å². The summed E-state index contributed by atoms with van der Waals surface area (Å²) in [6.07, 6.45) is 0. The average Bonchev–Trinajstić information content (AvgIpc) is 3.14. The van der Waals surface area contributed by atoms with Gasteiger partial charge in [0.25, 0.3) is 0 Å². The summed E-state index contributed by atoms with van der Waals surface area (Å²) >= 11 is 1.72. The molecule has 0 spiro atoms. The van der Waals surface area contributed by atoms with Crippen molar-refractivity contribution in [1.29, 1.82) is 0 Å². The van der Waals surface area contributed by atoms with Gasteiger partial charge in [0.05, 0.1) is 32.1 Å². The molecule has 0 radical (unpaired) electrons. The SMILES string of the molecule is c1cc(-c2csc(N3CCOCC3)n2)ccc1CN1CCOCC1. The molecule has 4 rings (SSSR count). The van der Waals surface area contributed by atoms with Crippen molar-refractivity contribution in [3.8, 4) is 11.3 Å². The fourth-order valence-electron chi connectivity index (χ4n) is 3.10. The molecule has 128 valence electrons. The highest BCUT2D eigenvalue weighted by atomic mass is 32.1. The number of hydrogen-bond acceptors (Lipinski definition) is 6. The molecule has 1 aromatic heterocycles. The summed E-state index contributed by atoms with van der Waals surface area (Å²) in [5.74, 6) is 0. The van der Waals surface area contributed by atoms with Gasteiger partial charge in [-0.15, -0.1) is 11.3 Å². The van der Waals surface area contributed by atoms with Crippen LogP contribution >= 0.6 is 11.3 Å². The van der Waals surface area contributed by atoms with Crippen LogP contribution in [0.1, 0.15) is 5.56 Å². The maximum Gasteiger partial charge on any atom is 0.186 e. The number of ether oxygens (including phenoxy) is 2. The number of hydrogen-bond donors (Lipinski definition) is 0. The number of rotatable bonds is 4. The Bertz CT molecular complexity index is 647. The molecule has 1 aromatic carbocycles. The smallest absolute Gasteiger partial charge is 0.186 e. The third-order valence-electron chi connectivity index (χ3n) is 4.53. The van der Waals surface area contributed by atoms with Gasteiger partial charge in [0.15, 0.2) is 5.13 Å². The van der Waals surface area contributed by atoms with Gasteiger partial charge >= 0.3 is 0 Å². The minimum absolute atomic E-state index is 0.797. The topological polar surface area (TPSA) is 37.8 Å². The Kier molecular flexibility index (Phi) is 5.08. The number of aromatic nitrogens is 1. The van der Waals surface area contributed by atoms with Crippen LogP contribution in [0.2, 0.25) is 0 Å². The lowest BCUT2D eigenvalue weighted by atomic mass is 10.1. The van der Waals surface area contributed by atoms with Crippen molar-refractivity contribution >= 4 is 16.5 Å². The molecule has 3 heterocycles. The lowest BCUT2D eigenvalue weighted by molar-refractivity contribution is 0.0342. The van der Waals surface area contributed by atoms with Gasteiger partial charge in [0.1, 0.15) is 0 Å². The summed E-state index contributed by atoms with van der Waals surface area (Å²) in [6, 6.07) is 8.82. The standard InChI is InChI=1S/C18H23N3O2S/c1-3-16(4-2-15(1)13-20-5-9-22-10-6-20)17-14-24-18(19-17)21-7-11-23-12-8-21/h1-4,14H,5-13H2. The van der Waals surface area contributed by atoms with Gasteiger partial charge in [0.2, 0.25) is 0 Å². The van der Waals surface area contributed by atoms with E-state index in [9.17, 15) is 0 Å². The van der Waals surface area contributed by atoms with E-state index in [2.05, 4.69) is 39.4 Å². The number of thiazole rings is 1. The molecule has 0 aliphatic carbocycles. The lowest BCUT2D eigenvalue weighted by Gasteiger charge is -2.26. The van der Waals surface area contributed by atoms with Crippen molar-refractivity contribution in [3.63, 3.8) is 0 Å². The van der Waals surface area contributed by atoms with Crippen molar-refractivity contribution in [2.75, 3.05) is 57.5 Å². The second kappa shape index (κ2) is 7.61. The number of benzene rings is 1. The average molecular weight is 345 g/mol. The Morgan fingerprint density at radius 1 is 0.917 bits per heavy atom. The van der Waals surface area contributed by atoms with Crippen molar-refractivity contribution in [2.45, 2.75) is 6.54 Å². The van der Waals surface area contributed by atoms with Crippen molar-refractivity contribution in [1.82, 2.24) is 9.88 Å². The molecule has 0 bridgehead atoms. The first kappa shape index (κ1) is 16.0. The highest BCUT2D eigenvalue weighted by molar-refractivity contribution is 7.14. The van der Waals surface area contributed by atoms with Crippen LogP contribution < -0.4 is 4.90 Å². The molecule has 2 aliphatic heterocycles. The molecular formula is C18H23N3O2S. The quantitative estimate of drug-likeness (QED) is 0.851. The van der Waals surface area contributed by atoms with Crippen molar-refractivity contribution in [2.24, 2.45) is 0 Å². The molecule has 0 N–H and O–H groups in total. The van der Waals surface area contributed by atoms with Gasteiger partial charge in [0, 0.05) is 43.7 Å². The predicted molar refractivity (Wildman–Crippen MR) is 96.7 cm³/mol. The highest BCUT2D eigenvalue weighted by Crippen LogP contribution is 2.28. The van der Waals surface area contributed by atoms with Gasteiger partial charge in [-0.3, -0.25) is 4.90 Å². The van der Waals surface area contributed by atoms with E-state index < -0.39 is 0 Å². The van der Waals surface area contributed by atoms with Crippen LogP contribution in [0, 0.1) is 0 Å². The van der Waals surface area contributed by atoms with Crippen LogP contribution in [0.15, 0.2) is 29.6 Å². The first-order chi connectivity index (χ1) is 11.9. The fourth-order valence-corrected chi connectivity index (χ4v) is 3.98. The summed E-state index contributed by atoms with van der Waals surface area (Å²) in [6.45, 7) is 8.21. The minimum Gasteiger partial charge on any atom is -0.379 e. The number of morpholine rings is 2. The van der Waals surface area contributed by atoms with Gasteiger partial charge < -0.3 is 14.4 Å². The van der Waals surface area contributed by atoms with Gasteiger partial charge in [-0.1, -0.05) is 24.3 Å². The van der Waals surface area contributed by atoms with Crippen molar-refractivity contribution in [3.05, 3.63) is 35.2 Å². The van der Waals surface area contributed by atoms with Crippen LogP contribution in [0.4, 0.5) is 5.13 Å². The van der Waals surface area contributed by atoms with E-state index in [1.807, 2.05) is 0 Å². The zero-order chi connectivity index (χ0) is 16.2. The summed E-state index contributed by atoms with van der Waals surface area (Å²) < 4.78 is 10.8. The second-order valence-electron chi connectivity index (χ2n) is 6.20.